The third-order valence-corrected chi connectivity index (χ3v) is 2.28. The molecule has 1 aromatic heterocycles. The predicted octanol–water partition coefficient (Wildman–Crippen LogP) is 1.99. The summed E-state index contributed by atoms with van der Waals surface area (Å²) in [6.07, 6.45) is 0.553. The summed E-state index contributed by atoms with van der Waals surface area (Å²) >= 11 is 3.17. The van der Waals surface area contributed by atoms with Crippen LogP contribution < -0.4 is 5.32 Å². The Morgan fingerprint density at radius 3 is 2.86 bits per heavy atom. The van der Waals surface area contributed by atoms with E-state index in [1.165, 1.54) is 0 Å². The number of carboxylic acids is 1. The van der Waals surface area contributed by atoms with Crippen LogP contribution >= 0.6 is 15.9 Å². The highest BCUT2D eigenvalue weighted by atomic mass is 79.9. The minimum Gasteiger partial charge on any atom is -0.480 e. The third kappa shape index (κ3) is 3.16. The molecule has 0 radical (unpaired) electrons. The lowest BCUT2D eigenvalue weighted by Crippen LogP contribution is -2.35. The number of halogens is 1. The number of nitrogens with one attached hydrogen (secondary N) is 1. The molecule has 0 fully saturated rings. The highest BCUT2D eigenvalue weighted by molar-refractivity contribution is 9.10. The first kappa shape index (κ1) is 11.3. The molecular weight excluding hydrogens is 250 g/mol. The van der Waals surface area contributed by atoms with Gasteiger partial charge in [-0.25, -0.2) is 0 Å². The number of furan rings is 1. The second kappa shape index (κ2) is 5.17. The summed E-state index contributed by atoms with van der Waals surface area (Å²) in [4.78, 5) is 10.7. The molecule has 14 heavy (non-hydrogen) atoms. The molecule has 1 rings (SSSR count). The van der Waals surface area contributed by atoms with Crippen molar-refractivity contribution in [2.24, 2.45) is 0 Å². The molecule has 0 aromatic carbocycles. The van der Waals surface area contributed by atoms with Crippen molar-refractivity contribution >= 4 is 21.9 Å². The van der Waals surface area contributed by atoms with Crippen molar-refractivity contribution in [3.63, 3.8) is 0 Å². The van der Waals surface area contributed by atoms with E-state index in [1.54, 1.807) is 12.1 Å². The number of rotatable bonds is 5. The van der Waals surface area contributed by atoms with Crippen LogP contribution in [0.5, 0.6) is 0 Å². The molecule has 0 aliphatic rings. The quantitative estimate of drug-likeness (QED) is 0.851. The van der Waals surface area contributed by atoms with Crippen molar-refractivity contribution in [1.82, 2.24) is 5.32 Å². The van der Waals surface area contributed by atoms with E-state index in [0.717, 1.165) is 5.76 Å². The maximum Gasteiger partial charge on any atom is 0.320 e. The predicted molar refractivity (Wildman–Crippen MR) is 55.0 cm³/mol. The van der Waals surface area contributed by atoms with Crippen molar-refractivity contribution in [2.45, 2.75) is 25.9 Å². The Labute approximate surface area is 90.4 Å². The first-order chi connectivity index (χ1) is 6.63. The van der Waals surface area contributed by atoms with Gasteiger partial charge in [-0.3, -0.25) is 10.1 Å². The fraction of sp³-hybridized carbons (Fsp3) is 0.444. The lowest BCUT2D eigenvalue weighted by atomic mass is 10.2. The molecule has 1 atom stereocenters. The summed E-state index contributed by atoms with van der Waals surface area (Å²) in [6.45, 7) is 2.25. The highest BCUT2D eigenvalue weighted by Crippen LogP contribution is 2.13. The monoisotopic (exact) mass is 261 g/mol. The summed E-state index contributed by atoms with van der Waals surface area (Å²) in [5.41, 5.74) is 0. The third-order valence-electron chi connectivity index (χ3n) is 1.86. The molecule has 1 heterocycles. The second-order valence-corrected chi connectivity index (χ2v) is 3.67. The topological polar surface area (TPSA) is 62.5 Å². The van der Waals surface area contributed by atoms with Gasteiger partial charge in [-0.1, -0.05) is 6.92 Å². The fourth-order valence-corrected chi connectivity index (χ4v) is 1.42. The molecule has 1 unspecified atom stereocenters. The maximum absolute atomic E-state index is 10.7. The van der Waals surface area contributed by atoms with Crippen LogP contribution in [0.4, 0.5) is 0 Å². The van der Waals surface area contributed by atoms with Crippen molar-refractivity contribution in [2.75, 3.05) is 0 Å². The van der Waals surface area contributed by atoms with Crippen LogP contribution in [0, 0.1) is 0 Å². The zero-order chi connectivity index (χ0) is 10.6. The molecule has 0 aliphatic carbocycles. The molecule has 0 aliphatic heterocycles. The molecule has 0 saturated carbocycles. The molecule has 0 saturated heterocycles. The van der Waals surface area contributed by atoms with Crippen LogP contribution in [0.3, 0.4) is 0 Å². The van der Waals surface area contributed by atoms with Crippen LogP contribution in [0.15, 0.2) is 21.2 Å². The van der Waals surface area contributed by atoms with Gasteiger partial charge in [0.05, 0.1) is 6.54 Å². The zero-order valence-electron chi connectivity index (χ0n) is 7.79. The van der Waals surface area contributed by atoms with Gasteiger partial charge in [0, 0.05) is 0 Å². The lowest BCUT2D eigenvalue weighted by Gasteiger charge is -2.10. The van der Waals surface area contributed by atoms with Crippen LogP contribution in [0.25, 0.3) is 0 Å². The van der Waals surface area contributed by atoms with Crippen molar-refractivity contribution in [1.29, 1.82) is 0 Å². The number of carbonyl (C=O) groups is 1. The number of hydrogen-bond donors (Lipinski definition) is 2. The minimum atomic E-state index is -0.835. The summed E-state index contributed by atoms with van der Waals surface area (Å²) < 4.78 is 5.87. The summed E-state index contributed by atoms with van der Waals surface area (Å²) in [5.74, 6) is -0.116. The van der Waals surface area contributed by atoms with Gasteiger partial charge >= 0.3 is 5.97 Å². The average molecular weight is 262 g/mol. The number of hydrogen-bond acceptors (Lipinski definition) is 3. The van der Waals surface area contributed by atoms with Gasteiger partial charge in [-0.2, -0.15) is 0 Å². The summed E-state index contributed by atoms with van der Waals surface area (Å²) in [7, 11) is 0. The van der Waals surface area contributed by atoms with Gasteiger partial charge < -0.3 is 9.52 Å². The standard InChI is InChI=1S/C9H12BrNO3/c1-2-7(9(12)13)11-5-6-3-4-8(10)14-6/h3-4,7,11H,2,5H2,1H3,(H,12,13). The normalized spacial score (nSPS) is 12.7. The van der Waals surface area contributed by atoms with E-state index in [4.69, 9.17) is 9.52 Å². The smallest absolute Gasteiger partial charge is 0.320 e. The van der Waals surface area contributed by atoms with Gasteiger partial charge in [0.25, 0.3) is 0 Å². The van der Waals surface area contributed by atoms with Gasteiger partial charge in [0.15, 0.2) is 4.67 Å². The fourth-order valence-electron chi connectivity index (χ4n) is 1.08. The Bertz CT molecular complexity index is 311. The largest absolute Gasteiger partial charge is 0.480 e. The molecular formula is C9H12BrNO3. The molecule has 1 aromatic rings. The molecule has 5 heteroatoms. The van der Waals surface area contributed by atoms with E-state index in [-0.39, 0.29) is 0 Å². The van der Waals surface area contributed by atoms with E-state index < -0.39 is 12.0 Å². The first-order valence-corrected chi connectivity index (χ1v) is 5.13. The molecule has 0 bridgehead atoms. The summed E-state index contributed by atoms with van der Waals surface area (Å²) in [6, 6.07) is 3.06. The van der Waals surface area contributed by atoms with Crippen molar-refractivity contribution in [3.05, 3.63) is 22.6 Å². The zero-order valence-corrected chi connectivity index (χ0v) is 9.37. The van der Waals surface area contributed by atoms with Crippen LogP contribution in [-0.2, 0) is 11.3 Å². The van der Waals surface area contributed by atoms with Gasteiger partial charge in [0.2, 0.25) is 0 Å². The van der Waals surface area contributed by atoms with Crippen LogP contribution in [0.1, 0.15) is 19.1 Å². The van der Waals surface area contributed by atoms with Crippen molar-refractivity contribution in [3.8, 4) is 0 Å². The Balaban J connectivity index is 2.43. The molecule has 4 nitrogen and oxygen atoms in total. The number of aliphatic carboxylic acids is 1. The van der Waals surface area contributed by atoms with Crippen LogP contribution in [0.2, 0.25) is 0 Å². The molecule has 78 valence electrons. The summed E-state index contributed by atoms with van der Waals surface area (Å²) in [5, 5.41) is 11.6. The Hall–Kier alpha value is -0.810. The Morgan fingerprint density at radius 1 is 1.71 bits per heavy atom. The second-order valence-electron chi connectivity index (χ2n) is 2.89. The minimum absolute atomic E-state index is 0.427. The Kier molecular flexibility index (Phi) is 4.16. The maximum atomic E-state index is 10.7. The van der Waals surface area contributed by atoms with E-state index in [0.29, 0.717) is 17.6 Å². The van der Waals surface area contributed by atoms with Crippen LogP contribution in [-0.4, -0.2) is 17.1 Å². The first-order valence-electron chi connectivity index (χ1n) is 4.34. The van der Waals surface area contributed by atoms with Gasteiger partial charge in [-0.05, 0) is 34.5 Å². The van der Waals surface area contributed by atoms with E-state index in [2.05, 4.69) is 21.2 Å². The number of carboxylic acid groups (broad SMARTS) is 1. The SMILES string of the molecule is CCC(NCc1ccc(Br)o1)C(=O)O. The van der Waals surface area contributed by atoms with Gasteiger partial charge in [0.1, 0.15) is 11.8 Å². The van der Waals surface area contributed by atoms with E-state index in [1.807, 2.05) is 6.92 Å². The molecule has 2 N–H and O–H groups in total. The average Bonchev–Trinajstić information content (AvgIpc) is 2.52. The van der Waals surface area contributed by atoms with E-state index in [9.17, 15) is 4.79 Å². The van der Waals surface area contributed by atoms with Crippen molar-refractivity contribution < 1.29 is 14.3 Å². The molecule has 0 amide bonds. The van der Waals surface area contributed by atoms with E-state index >= 15 is 0 Å². The molecule has 0 spiro atoms. The highest BCUT2D eigenvalue weighted by Gasteiger charge is 2.14. The lowest BCUT2D eigenvalue weighted by molar-refractivity contribution is -0.139. The Morgan fingerprint density at radius 2 is 2.43 bits per heavy atom. The van der Waals surface area contributed by atoms with Gasteiger partial charge in [-0.15, -0.1) is 0 Å².